The molecule has 132 valence electrons. The molecule has 3 heteroatoms. The number of carbonyl (C=O) groups excluding carboxylic acids is 1. The Balaban J connectivity index is 2.05. The minimum Gasteiger partial charge on any atom is -0.465 e. The van der Waals surface area contributed by atoms with Crippen molar-refractivity contribution in [3.63, 3.8) is 0 Å². The fraction of sp³-hybridized carbons (Fsp3) is 0.0833. The van der Waals surface area contributed by atoms with Gasteiger partial charge in [0.2, 0.25) is 0 Å². The van der Waals surface area contributed by atoms with Crippen molar-refractivity contribution in [1.29, 1.82) is 0 Å². The van der Waals surface area contributed by atoms with Gasteiger partial charge in [-0.05, 0) is 36.8 Å². The van der Waals surface area contributed by atoms with E-state index in [9.17, 15) is 4.79 Å². The lowest BCUT2D eigenvalue weighted by atomic mass is 9.94. The Hall–Kier alpha value is -3.46. The van der Waals surface area contributed by atoms with E-state index in [0.717, 1.165) is 33.3 Å². The molecule has 0 amide bonds. The number of rotatable bonds is 3. The highest BCUT2D eigenvalue weighted by atomic mass is 16.5. The van der Waals surface area contributed by atoms with Crippen LogP contribution in [0.3, 0.4) is 0 Å². The molecule has 0 bridgehead atoms. The van der Waals surface area contributed by atoms with Crippen LogP contribution in [0.5, 0.6) is 0 Å². The summed E-state index contributed by atoms with van der Waals surface area (Å²) >= 11 is 0. The van der Waals surface area contributed by atoms with Gasteiger partial charge in [0, 0.05) is 16.5 Å². The zero-order valence-electron chi connectivity index (χ0n) is 15.3. The number of aromatic nitrogens is 1. The van der Waals surface area contributed by atoms with Crippen LogP contribution in [0.25, 0.3) is 33.3 Å². The summed E-state index contributed by atoms with van der Waals surface area (Å²) in [7, 11) is 1.40. The van der Waals surface area contributed by atoms with Gasteiger partial charge in [0.25, 0.3) is 0 Å². The molecular formula is C24H19NO2. The summed E-state index contributed by atoms with van der Waals surface area (Å²) in [5.74, 6) is -0.365. The first-order valence-corrected chi connectivity index (χ1v) is 8.82. The molecule has 0 unspecified atom stereocenters. The molecule has 4 aromatic rings. The van der Waals surface area contributed by atoms with Gasteiger partial charge in [0.15, 0.2) is 0 Å². The van der Waals surface area contributed by atoms with Gasteiger partial charge in [0.05, 0.1) is 23.9 Å². The van der Waals surface area contributed by atoms with Crippen molar-refractivity contribution in [3.8, 4) is 22.4 Å². The fourth-order valence-corrected chi connectivity index (χ4v) is 3.32. The number of hydrogen-bond donors (Lipinski definition) is 0. The molecular weight excluding hydrogens is 334 g/mol. The molecule has 0 N–H and O–H groups in total. The number of pyridine rings is 1. The van der Waals surface area contributed by atoms with Crippen LogP contribution >= 0.6 is 0 Å². The minimum atomic E-state index is -0.365. The van der Waals surface area contributed by atoms with E-state index in [1.807, 2.05) is 48.5 Å². The van der Waals surface area contributed by atoms with Crippen LogP contribution < -0.4 is 0 Å². The summed E-state index contributed by atoms with van der Waals surface area (Å²) in [4.78, 5) is 17.2. The van der Waals surface area contributed by atoms with Crippen LogP contribution in [0, 0.1) is 6.92 Å². The molecule has 1 aromatic heterocycles. The summed E-state index contributed by atoms with van der Waals surface area (Å²) in [6.45, 7) is 2.07. The highest BCUT2D eigenvalue weighted by Gasteiger charge is 2.18. The van der Waals surface area contributed by atoms with Crippen LogP contribution in [-0.4, -0.2) is 18.1 Å². The van der Waals surface area contributed by atoms with Crippen molar-refractivity contribution in [2.45, 2.75) is 6.92 Å². The summed E-state index contributed by atoms with van der Waals surface area (Å²) in [5.41, 5.74) is 6.19. The summed E-state index contributed by atoms with van der Waals surface area (Å²) < 4.78 is 4.98. The van der Waals surface area contributed by atoms with Crippen LogP contribution in [-0.2, 0) is 4.74 Å². The van der Waals surface area contributed by atoms with Crippen molar-refractivity contribution in [2.24, 2.45) is 0 Å². The summed E-state index contributed by atoms with van der Waals surface area (Å²) in [6, 6.07) is 25.9. The lowest BCUT2D eigenvalue weighted by Crippen LogP contribution is -2.04. The molecule has 0 aliphatic rings. The Kier molecular flexibility index (Phi) is 4.43. The third-order valence-electron chi connectivity index (χ3n) is 4.64. The molecule has 3 nitrogen and oxygen atoms in total. The predicted molar refractivity (Wildman–Crippen MR) is 109 cm³/mol. The zero-order chi connectivity index (χ0) is 18.8. The van der Waals surface area contributed by atoms with Crippen molar-refractivity contribution in [2.75, 3.05) is 7.11 Å². The van der Waals surface area contributed by atoms with Crippen LogP contribution in [0.15, 0.2) is 78.9 Å². The molecule has 0 radical (unpaired) electrons. The van der Waals surface area contributed by atoms with E-state index >= 15 is 0 Å². The van der Waals surface area contributed by atoms with Gasteiger partial charge in [-0.25, -0.2) is 9.78 Å². The molecule has 0 atom stereocenters. The Morgan fingerprint density at radius 3 is 2.37 bits per heavy atom. The van der Waals surface area contributed by atoms with Gasteiger partial charge < -0.3 is 4.74 Å². The normalized spacial score (nSPS) is 10.7. The van der Waals surface area contributed by atoms with Crippen molar-refractivity contribution in [1.82, 2.24) is 4.98 Å². The molecule has 1 heterocycles. The van der Waals surface area contributed by atoms with E-state index in [0.29, 0.717) is 5.56 Å². The monoisotopic (exact) mass is 353 g/mol. The number of esters is 1. The lowest BCUT2D eigenvalue weighted by Gasteiger charge is -2.14. The van der Waals surface area contributed by atoms with Gasteiger partial charge in [-0.15, -0.1) is 0 Å². The molecule has 0 spiro atoms. The maximum Gasteiger partial charge on any atom is 0.338 e. The summed E-state index contributed by atoms with van der Waals surface area (Å²) in [5, 5.41) is 1.08. The number of benzene rings is 3. The van der Waals surface area contributed by atoms with Gasteiger partial charge in [-0.2, -0.15) is 0 Å². The van der Waals surface area contributed by atoms with E-state index in [1.54, 1.807) is 6.07 Å². The molecule has 0 saturated carbocycles. The number of carbonyl (C=O) groups is 1. The summed E-state index contributed by atoms with van der Waals surface area (Å²) in [6.07, 6.45) is 0. The number of hydrogen-bond acceptors (Lipinski definition) is 3. The highest BCUT2D eigenvalue weighted by Crippen LogP contribution is 2.35. The van der Waals surface area contributed by atoms with Gasteiger partial charge in [-0.1, -0.05) is 60.2 Å². The quantitative estimate of drug-likeness (QED) is 0.446. The third-order valence-corrected chi connectivity index (χ3v) is 4.64. The van der Waals surface area contributed by atoms with Gasteiger partial charge >= 0.3 is 5.97 Å². The molecule has 27 heavy (non-hydrogen) atoms. The second-order valence-corrected chi connectivity index (χ2v) is 6.48. The zero-order valence-corrected chi connectivity index (χ0v) is 15.3. The van der Waals surface area contributed by atoms with Crippen molar-refractivity contribution >= 4 is 16.9 Å². The number of nitrogens with zero attached hydrogens (tertiary/aromatic N) is 1. The second-order valence-electron chi connectivity index (χ2n) is 6.48. The van der Waals surface area contributed by atoms with Crippen LogP contribution in [0.4, 0.5) is 0 Å². The van der Waals surface area contributed by atoms with E-state index in [4.69, 9.17) is 9.72 Å². The van der Waals surface area contributed by atoms with Crippen LogP contribution in [0.1, 0.15) is 15.9 Å². The van der Waals surface area contributed by atoms with Gasteiger partial charge in [0.1, 0.15) is 0 Å². The molecule has 0 aliphatic carbocycles. The Morgan fingerprint density at radius 2 is 1.59 bits per heavy atom. The number of ether oxygens (including phenoxy) is 1. The third kappa shape index (κ3) is 3.20. The fourth-order valence-electron chi connectivity index (χ4n) is 3.32. The first-order chi connectivity index (χ1) is 13.2. The topological polar surface area (TPSA) is 39.2 Å². The molecule has 0 saturated heterocycles. The maximum atomic E-state index is 12.3. The van der Waals surface area contributed by atoms with Crippen molar-refractivity contribution < 1.29 is 9.53 Å². The SMILES string of the molecule is COC(=O)c1ccccc1-c1nc2ccc(C)cc2cc1-c1ccccc1. The van der Waals surface area contributed by atoms with E-state index in [2.05, 4.69) is 31.2 Å². The Bertz CT molecular complexity index is 1130. The lowest BCUT2D eigenvalue weighted by molar-refractivity contribution is 0.0601. The number of aryl methyl sites for hydroxylation is 1. The average molecular weight is 353 g/mol. The predicted octanol–water partition coefficient (Wildman–Crippen LogP) is 5.66. The molecule has 3 aromatic carbocycles. The largest absolute Gasteiger partial charge is 0.465 e. The van der Waals surface area contributed by atoms with Crippen LogP contribution in [0.2, 0.25) is 0 Å². The smallest absolute Gasteiger partial charge is 0.338 e. The average Bonchev–Trinajstić information content (AvgIpc) is 2.73. The standard InChI is InChI=1S/C24H19NO2/c1-16-12-13-22-18(14-16)15-21(17-8-4-3-5-9-17)23(25-22)19-10-6-7-11-20(19)24(26)27-2/h3-15H,1-2H3. The van der Waals surface area contributed by atoms with Gasteiger partial charge in [-0.3, -0.25) is 0 Å². The van der Waals surface area contributed by atoms with E-state index in [1.165, 1.54) is 12.7 Å². The van der Waals surface area contributed by atoms with E-state index in [-0.39, 0.29) is 5.97 Å². The first kappa shape index (κ1) is 17.0. The first-order valence-electron chi connectivity index (χ1n) is 8.82. The molecule has 0 fully saturated rings. The number of methoxy groups -OCH3 is 1. The Labute approximate surface area is 158 Å². The van der Waals surface area contributed by atoms with E-state index < -0.39 is 0 Å². The molecule has 0 aliphatic heterocycles. The Morgan fingerprint density at radius 1 is 0.852 bits per heavy atom. The van der Waals surface area contributed by atoms with Crippen molar-refractivity contribution in [3.05, 3.63) is 90.0 Å². The maximum absolute atomic E-state index is 12.3. The minimum absolute atomic E-state index is 0.365. The number of fused-ring (bicyclic) bond motifs is 1. The molecule has 4 rings (SSSR count). The second kappa shape index (κ2) is 7.04. The highest BCUT2D eigenvalue weighted by molar-refractivity contribution is 6.00.